The largest absolute Gasteiger partial charge is 0.466 e. The van der Waals surface area contributed by atoms with Gasteiger partial charge >= 0.3 is 0 Å². The van der Waals surface area contributed by atoms with Gasteiger partial charge in [0.2, 0.25) is 5.89 Å². The van der Waals surface area contributed by atoms with E-state index >= 15 is 0 Å². The fourth-order valence-electron chi connectivity index (χ4n) is 2.71. The summed E-state index contributed by atoms with van der Waals surface area (Å²) in [6.45, 7) is 10.9. The summed E-state index contributed by atoms with van der Waals surface area (Å²) in [5, 5.41) is 21.0. The molecule has 0 aliphatic carbocycles. The van der Waals surface area contributed by atoms with E-state index in [-0.39, 0.29) is 6.54 Å². The number of aryl methyl sites for hydroxylation is 4. The summed E-state index contributed by atoms with van der Waals surface area (Å²) < 4.78 is 10.6. The second-order valence-electron chi connectivity index (χ2n) is 6.56. The van der Waals surface area contributed by atoms with Crippen LogP contribution in [0.15, 0.2) is 20.0 Å². The van der Waals surface area contributed by atoms with Crippen LogP contribution in [0.2, 0.25) is 0 Å². The molecule has 2 aromatic rings. The fourth-order valence-corrected chi connectivity index (χ4v) is 2.71. The summed E-state index contributed by atoms with van der Waals surface area (Å²) in [6.07, 6.45) is 1.54. The zero-order chi connectivity index (χ0) is 19.2. The van der Waals surface area contributed by atoms with Gasteiger partial charge in [-0.3, -0.25) is 0 Å². The molecule has 0 saturated heterocycles. The van der Waals surface area contributed by atoms with Crippen LogP contribution in [-0.4, -0.2) is 40.8 Å². The molecule has 0 bridgehead atoms. The van der Waals surface area contributed by atoms with E-state index in [4.69, 9.17) is 8.94 Å². The Labute approximate surface area is 154 Å². The lowest BCUT2D eigenvalue weighted by Gasteiger charge is -2.21. The van der Waals surface area contributed by atoms with Gasteiger partial charge in [-0.1, -0.05) is 5.16 Å². The molecule has 144 valence electrons. The molecule has 2 aromatic heterocycles. The smallest absolute Gasteiger partial charge is 0.226 e. The van der Waals surface area contributed by atoms with Crippen molar-refractivity contribution in [2.75, 3.05) is 19.6 Å². The molecule has 0 aliphatic rings. The highest BCUT2D eigenvalue weighted by atomic mass is 16.5. The predicted molar refractivity (Wildman–Crippen MR) is 99.1 cm³/mol. The molecule has 8 heteroatoms. The molecule has 0 spiro atoms. The van der Waals surface area contributed by atoms with Crippen LogP contribution < -0.4 is 10.6 Å². The normalized spacial score (nSPS) is 14.3. The Morgan fingerprint density at radius 3 is 2.65 bits per heavy atom. The number of nitrogens with one attached hydrogen (secondary N) is 2. The Hall–Kier alpha value is -2.35. The molecule has 0 aliphatic heterocycles. The Morgan fingerprint density at radius 1 is 1.31 bits per heavy atom. The second-order valence-corrected chi connectivity index (χ2v) is 6.56. The average molecular weight is 363 g/mol. The van der Waals surface area contributed by atoms with Crippen molar-refractivity contribution >= 4 is 5.96 Å². The molecular formula is C18H29N5O3. The summed E-state index contributed by atoms with van der Waals surface area (Å²) in [5.41, 5.74) is -0.327. The summed E-state index contributed by atoms with van der Waals surface area (Å²) in [7, 11) is 0. The number of aliphatic hydroxyl groups is 1. The first-order chi connectivity index (χ1) is 12.3. The maximum absolute atomic E-state index is 10.8. The van der Waals surface area contributed by atoms with Crippen molar-refractivity contribution in [1.82, 2.24) is 20.8 Å². The Morgan fingerprint density at radius 2 is 2.08 bits per heavy atom. The molecule has 8 nitrogen and oxygen atoms in total. The SMILES string of the molecule is CCNC(=NCC(C)(O)c1cc(C)oc1C)NCCCc1nc(C)no1. The van der Waals surface area contributed by atoms with E-state index in [9.17, 15) is 5.11 Å². The van der Waals surface area contributed by atoms with Crippen molar-refractivity contribution in [3.63, 3.8) is 0 Å². The first-order valence-electron chi connectivity index (χ1n) is 8.93. The monoisotopic (exact) mass is 363 g/mol. The number of nitrogens with zero attached hydrogens (tertiary/aromatic N) is 3. The highest BCUT2D eigenvalue weighted by Gasteiger charge is 2.27. The maximum Gasteiger partial charge on any atom is 0.226 e. The second kappa shape index (κ2) is 8.84. The quantitative estimate of drug-likeness (QED) is 0.374. The minimum atomic E-state index is -1.09. The standard InChI is InChI=1S/C18H29N5O3/c1-6-19-17(20-9-7-8-16-22-14(4)23-26-16)21-11-18(5,24)15-10-12(2)25-13(15)3/h10,24H,6-9,11H2,1-5H3,(H2,19,20,21). The first kappa shape index (κ1) is 20.0. The van der Waals surface area contributed by atoms with Gasteiger partial charge < -0.3 is 24.7 Å². The number of hydrogen-bond acceptors (Lipinski definition) is 6. The number of rotatable bonds is 8. The van der Waals surface area contributed by atoms with Crippen molar-refractivity contribution in [1.29, 1.82) is 0 Å². The Kier molecular flexibility index (Phi) is 6.79. The molecule has 3 N–H and O–H groups in total. The zero-order valence-corrected chi connectivity index (χ0v) is 16.2. The van der Waals surface area contributed by atoms with Crippen molar-refractivity contribution in [2.24, 2.45) is 4.99 Å². The van der Waals surface area contributed by atoms with Crippen molar-refractivity contribution in [2.45, 2.75) is 53.1 Å². The molecule has 0 saturated carbocycles. The van der Waals surface area contributed by atoms with Crippen LogP contribution in [0, 0.1) is 20.8 Å². The van der Waals surface area contributed by atoms with Gasteiger partial charge in [0, 0.05) is 25.1 Å². The summed E-state index contributed by atoms with van der Waals surface area (Å²) in [5.74, 6) is 3.45. The van der Waals surface area contributed by atoms with E-state index in [2.05, 4.69) is 25.8 Å². The van der Waals surface area contributed by atoms with Gasteiger partial charge in [0.05, 0.1) is 6.54 Å². The lowest BCUT2D eigenvalue weighted by Crippen LogP contribution is -2.39. The average Bonchev–Trinajstić information content (AvgIpc) is 3.14. The highest BCUT2D eigenvalue weighted by Crippen LogP contribution is 2.27. The maximum atomic E-state index is 10.8. The van der Waals surface area contributed by atoms with Crippen molar-refractivity contribution in [3.8, 4) is 0 Å². The molecule has 0 aromatic carbocycles. The van der Waals surface area contributed by atoms with E-state index in [0.29, 0.717) is 30.6 Å². The molecule has 0 fully saturated rings. The number of guanidine groups is 1. The lowest BCUT2D eigenvalue weighted by atomic mass is 9.96. The van der Waals surface area contributed by atoms with E-state index < -0.39 is 5.60 Å². The molecule has 0 radical (unpaired) electrons. The topological polar surface area (TPSA) is 109 Å². The van der Waals surface area contributed by atoms with E-state index in [1.165, 1.54) is 0 Å². The van der Waals surface area contributed by atoms with Crippen LogP contribution in [0.3, 0.4) is 0 Å². The number of aromatic nitrogens is 2. The van der Waals surface area contributed by atoms with Crippen LogP contribution in [0.1, 0.15) is 49.1 Å². The van der Waals surface area contributed by atoms with Gasteiger partial charge in [-0.2, -0.15) is 4.98 Å². The van der Waals surface area contributed by atoms with Gasteiger partial charge in [0.15, 0.2) is 11.8 Å². The summed E-state index contributed by atoms with van der Waals surface area (Å²) in [6, 6.07) is 1.86. The first-order valence-corrected chi connectivity index (χ1v) is 8.93. The van der Waals surface area contributed by atoms with Crippen LogP contribution in [0.25, 0.3) is 0 Å². The molecule has 2 heterocycles. The lowest BCUT2D eigenvalue weighted by molar-refractivity contribution is 0.0657. The van der Waals surface area contributed by atoms with Gasteiger partial charge in [-0.25, -0.2) is 4.99 Å². The van der Waals surface area contributed by atoms with Crippen LogP contribution in [0.4, 0.5) is 0 Å². The molecule has 1 atom stereocenters. The van der Waals surface area contributed by atoms with Crippen LogP contribution in [-0.2, 0) is 12.0 Å². The van der Waals surface area contributed by atoms with Crippen LogP contribution >= 0.6 is 0 Å². The minimum Gasteiger partial charge on any atom is -0.466 e. The van der Waals surface area contributed by atoms with Gasteiger partial charge in [-0.05, 0) is 47.1 Å². The third-order valence-corrected chi connectivity index (χ3v) is 3.94. The predicted octanol–water partition coefficient (Wildman–Crippen LogP) is 1.98. The number of aliphatic imine (C=N–C) groups is 1. The highest BCUT2D eigenvalue weighted by molar-refractivity contribution is 5.79. The third-order valence-electron chi connectivity index (χ3n) is 3.94. The molecule has 0 amide bonds. The fraction of sp³-hybridized carbons (Fsp3) is 0.611. The minimum absolute atomic E-state index is 0.227. The molecule has 2 rings (SSSR count). The van der Waals surface area contributed by atoms with Gasteiger partial charge in [-0.15, -0.1) is 0 Å². The number of furan rings is 1. The molecular weight excluding hydrogens is 334 g/mol. The van der Waals surface area contributed by atoms with E-state index in [0.717, 1.165) is 30.0 Å². The summed E-state index contributed by atoms with van der Waals surface area (Å²) >= 11 is 0. The zero-order valence-electron chi connectivity index (χ0n) is 16.2. The van der Waals surface area contributed by atoms with Gasteiger partial charge in [0.25, 0.3) is 0 Å². The summed E-state index contributed by atoms with van der Waals surface area (Å²) in [4.78, 5) is 8.69. The molecule has 26 heavy (non-hydrogen) atoms. The van der Waals surface area contributed by atoms with E-state index in [1.54, 1.807) is 13.8 Å². The van der Waals surface area contributed by atoms with Crippen molar-refractivity contribution < 1.29 is 14.0 Å². The number of hydrogen-bond donors (Lipinski definition) is 3. The van der Waals surface area contributed by atoms with Crippen LogP contribution in [0.5, 0.6) is 0 Å². The van der Waals surface area contributed by atoms with Gasteiger partial charge in [0.1, 0.15) is 17.1 Å². The third kappa shape index (κ3) is 5.59. The van der Waals surface area contributed by atoms with E-state index in [1.807, 2.05) is 26.8 Å². The Bertz CT molecular complexity index is 733. The molecule has 1 unspecified atom stereocenters. The van der Waals surface area contributed by atoms with Crippen molar-refractivity contribution in [3.05, 3.63) is 34.9 Å². The Balaban J connectivity index is 1.89.